The van der Waals surface area contributed by atoms with Crippen molar-refractivity contribution < 1.29 is 13.2 Å². The van der Waals surface area contributed by atoms with E-state index in [4.69, 9.17) is 4.74 Å². The zero-order chi connectivity index (χ0) is 12.8. The fourth-order valence-corrected chi connectivity index (χ4v) is 3.07. The zero-order valence-electron chi connectivity index (χ0n) is 10.8. The SMILES string of the molecule is CCNCCCS(=O)(=O)NCC1(C)CCCO1. The average molecular weight is 264 g/mol. The van der Waals surface area contributed by atoms with Crippen LogP contribution in [0.15, 0.2) is 0 Å². The summed E-state index contributed by atoms with van der Waals surface area (Å²) in [5.74, 6) is 0.177. The van der Waals surface area contributed by atoms with Crippen LogP contribution in [0.1, 0.15) is 33.1 Å². The first-order valence-corrected chi connectivity index (χ1v) is 7.95. The molecule has 0 aromatic rings. The van der Waals surface area contributed by atoms with Gasteiger partial charge in [-0.3, -0.25) is 0 Å². The van der Waals surface area contributed by atoms with Crippen LogP contribution in [0, 0.1) is 0 Å². The standard InChI is InChI=1S/C11H24N2O3S/c1-3-12-7-5-9-17(14,15)13-10-11(2)6-4-8-16-11/h12-13H,3-10H2,1-2H3. The Morgan fingerprint density at radius 1 is 1.41 bits per heavy atom. The number of ether oxygens (including phenoxy) is 1. The molecule has 1 heterocycles. The van der Waals surface area contributed by atoms with Crippen LogP contribution in [-0.2, 0) is 14.8 Å². The maximum atomic E-state index is 11.7. The third kappa shape index (κ3) is 5.81. The topological polar surface area (TPSA) is 67.4 Å². The van der Waals surface area contributed by atoms with Gasteiger partial charge >= 0.3 is 0 Å². The highest BCUT2D eigenvalue weighted by atomic mass is 32.2. The predicted octanol–water partition coefficient (Wildman–Crippen LogP) is 0.475. The monoisotopic (exact) mass is 264 g/mol. The molecule has 0 spiro atoms. The maximum Gasteiger partial charge on any atom is 0.211 e. The molecule has 1 unspecified atom stereocenters. The summed E-state index contributed by atoms with van der Waals surface area (Å²) in [6.07, 6.45) is 2.58. The van der Waals surface area contributed by atoms with E-state index in [1.165, 1.54) is 0 Å². The maximum absolute atomic E-state index is 11.7. The lowest BCUT2D eigenvalue weighted by molar-refractivity contribution is 0.0250. The summed E-state index contributed by atoms with van der Waals surface area (Å²) < 4.78 is 31.6. The number of hydrogen-bond donors (Lipinski definition) is 2. The van der Waals surface area contributed by atoms with Gasteiger partial charge in [-0.15, -0.1) is 0 Å². The number of rotatable bonds is 8. The van der Waals surface area contributed by atoms with E-state index in [0.29, 0.717) is 13.0 Å². The number of hydrogen-bond acceptors (Lipinski definition) is 4. The van der Waals surface area contributed by atoms with Crippen molar-refractivity contribution in [3.63, 3.8) is 0 Å². The van der Waals surface area contributed by atoms with Crippen molar-refractivity contribution in [1.82, 2.24) is 10.0 Å². The van der Waals surface area contributed by atoms with Gasteiger partial charge in [0.1, 0.15) is 0 Å². The molecule has 1 saturated heterocycles. The lowest BCUT2D eigenvalue weighted by Crippen LogP contribution is -2.41. The zero-order valence-corrected chi connectivity index (χ0v) is 11.6. The highest BCUT2D eigenvalue weighted by Crippen LogP contribution is 2.24. The van der Waals surface area contributed by atoms with E-state index in [2.05, 4.69) is 10.0 Å². The number of sulfonamides is 1. The summed E-state index contributed by atoms with van der Waals surface area (Å²) in [5.41, 5.74) is -0.311. The minimum atomic E-state index is -3.16. The molecule has 1 rings (SSSR count). The van der Waals surface area contributed by atoms with E-state index in [1.54, 1.807) is 0 Å². The van der Waals surface area contributed by atoms with Gasteiger partial charge in [0.15, 0.2) is 0 Å². The second-order valence-corrected chi connectivity index (χ2v) is 6.68. The predicted molar refractivity (Wildman–Crippen MR) is 68.5 cm³/mol. The molecule has 0 amide bonds. The van der Waals surface area contributed by atoms with Crippen molar-refractivity contribution in [3.05, 3.63) is 0 Å². The fourth-order valence-electron chi connectivity index (χ4n) is 1.88. The fraction of sp³-hybridized carbons (Fsp3) is 1.00. The van der Waals surface area contributed by atoms with E-state index in [0.717, 1.165) is 32.5 Å². The summed E-state index contributed by atoms with van der Waals surface area (Å²) in [6.45, 7) is 6.70. The molecular weight excluding hydrogens is 240 g/mol. The van der Waals surface area contributed by atoms with Gasteiger partial charge in [-0.25, -0.2) is 13.1 Å². The van der Waals surface area contributed by atoms with Crippen molar-refractivity contribution >= 4 is 10.0 Å². The lowest BCUT2D eigenvalue weighted by Gasteiger charge is -2.23. The molecule has 0 radical (unpaired) electrons. The highest BCUT2D eigenvalue weighted by molar-refractivity contribution is 7.89. The minimum Gasteiger partial charge on any atom is -0.374 e. The Kier molecular flexibility index (Phi) is 5.85. The Balaban J connectivity index is 2.24. The van der Waals surface area contributed by atoms with E-state index < -0.39 is 10.0 Å². The second-order valence-electron chi connectivity index (χ2n) is 4.75. The molecule has 2 N–H and O–H groups in total. The molecule has 0 aromatic heterocycles. The minimum absolute atomic E-state index is 0.177. The Bertz CT molecular complexity index is 311. The van der Waals surface area contributed by atoms with E-state index in [-0.39, 0.29) is 11.4 Å². The molecule has 1 atom stereocenters. The molecule has 0 bridgehead atoms. The Morgan fingerprint density at radius 3 is 2.76 bits per heavy atom. The molecule has 17 heavy (non-hydrogen) atoms. The molecule has 5 nitrogen and oxygen atoms in total. The van der Waals surface area contributed by atoms with Gasteiger partial charge in [0, 0.05) is 13.2 Å². The van der Waals surface area contributed by atoms with E-state index in [9.17, 15) is 8.42 Å². The molecule has 6 heteroatoms. The van der Waals surface area contributed by atoms with Crippen molar-refractivity contribution in [2.45, 2.75) is 38.7 Å². The van der Waals surface area contributed by atoms with Crippen LogP contribution in [0.5, 0.6) is 0 Å². The Morgan fingerprint density at radius 2 is 2.18 bits per heavy atom. The van der Waals surface area contributed by atoms with Crippen molar-refractivity contribution in [1.29, 1.82) is 0 Å². The van der Waals surface area contributed by atoms with Crippen LogP contribution < -0.4 is 10.0 Å². The smallest absolute Gasteiger partial charge is 0.211 e. The Hall–Kier alpha value is -0.170. The molecule has 0 aliphatic carbocycles. The van der Waals surface area contributed by atoms with Gasteiger partial charge in [-0.05, 0) is 39.3 Å². The van der Waals surface area contributed by atoms with Gasteiger partial charge < -0.3 is 10.1 Å². The average Bonchev–Trinajstić information content (AvgIpc) is 2.70. The normalized spacial score (nSPS) is 25.3. The third-order valence-electron chi connectivity index (χ3n) is 2.98. The Labute approximate surface area is 104 Å². The first-order valence-electron chi connectivity index (χ1n) is 6.29. The van der Waals surface area contributed by atoms with Crippen LogP contribution in [0.3, 0.4) is 0 Å². The van der Waals surface area contributed by atoms with Crippen molar-refractivity contribution in [2.24, 2.45) is 0 Å². The van der Waals surface area contributed by atoms with Gasteiger partial charge in [0.2, 0.25) is 10.0 Å². The van der Waals surface area contributed by atoms with E-state index in [1.807, 2.05) is 13.8 Å². The summed E-state index contributed by atoms with van der Waals surface area (Å²) in [7, 11) is -3.16. The van der Waals surface area contributed by atoms with E-state index >= 15 is 0 Å². The molecule has 0 saturated carbocycles. The van der Waals surface area contributed by atoms with Crippen LogP contribution in [-0.4, -0.2) is 46.0 Å². The molecule has 102 valence electrons. The molecule has 1 aliphatic rings. The van der Waals surface area contributed by atoms with Crippen LogP contribution >= 0.6 is 0 Å². The summed E-state index contributed by atoms with van der Waals surface area (Å²) in [4.78, 5) is 0. The quantitative estimate of drug-likeness (QED) is 0.626. The van der Waals surface area contributed by atoms with Crippen LogP contribution in [0.4, 0.5) is 0 Å². The van der Waals surface area contributed by atoms with Gasteiger partial charge in [-0.1, -0.05) is 6.92 Å². The van der Waals surface area contributed by atoms with Crippen LogP contribution in [0.25, 0.3) is 0 Å². The first kappa shape index (κ1) is 14.9. The second kappa shape index (κ2) is 6.68. The summed E-state index contributed by atoms with van der Waals surface area (Å²) in [6, 6.07) is 0. The molecular formula is C11H24N2O3S. The van der Waals surface area contributed by atoms with Gasteiger partial charge in [0.25, 0.3) is 0 Å². The first-order chi connectivity index (χ1) is 7.97. The summed E-state index contributed by atoms with van der Waals surface area (Å²) in [5, 5.41) is 3.11. The van der Waals surface area contributed by atoms with Crippen LogP contribution in [0.2, 0.25) is 0 Å². The number of nitrogens with one attached hydrogen (secondary N) is 2. The molecule has 1 aliphatic heterocycles. The molecule has 1 fully saturated rings. The van der Waals surface area contributed by atoms with Gasteiger partial charge in [0.05, 0.1) is 11.4 Å². The van der Waals surface area contributed by atoms with Gasteiger partial charge in [-0.2, -0.15) is 0 Å². The largest absolute Gasteiger partial charge is 0.374 e. The molecule has 0 aromatic carbocycles. The van der Waals surface area contributed by atoms with Crippen molar-refractivity contribution in [2.75, 3.05) is 32.0 Å². The van der Waals surface area contributed by atoms with Crippen molar-refractivity contribution in [3.8, 4) is 0 Å². The third-order valence-corrected chi connectivity index (χ3v) is 4.39. The summed E-state index contributed by atoms with van der Waals surface area (Å²) >= 11 is 0. The lowest BCUT2D eigenvalue weighted by atomic mass is 10.0. The highest BCUT2D eigenvalue weighted by Gasteiger charge is 2.30.